The molecular formula is C21H20F3N4O5S+. The second-order valence-corrected chi connectivity index (χ2v) is 9.78. The van der Waals surface area contributed by atoms with Crippen LogP contribution < -0.4 is 16.0 Å². The molecule has 2 heterocycles. The van der Waals surface area contributed by atoms with Gasteiger partial charge in [0.05, 0.1) is 28.2 Å². The number of nitrogens with one attached hydrogen (secondary N) is 1. The van der Waals surface area contributed by atoms with Crippen LogP contribution in [0.5, 0.6) is 0 Å². The molecule has 34 heavy (non-hydrogen) atoms. The maximum Gasteiger partial charge on any atom is 0.525 e. The molecular weight excluding hydrogens is 477 g/mol. The molecule has 9 nitrogen and oxygen atoms in total. The Bertz CT molecular complexity index is 1360. The number of nitrogens with zero attached hydrogens (tertiary/aromatic N) is 2. The Balaban J connectivity index is 1.60. The summed E-state index contributed by atoms with van der Waals surface area (Å²) in [4.78, 5) is 25.8. The highest BCUT2D eigenvalue weighted by Gasteiger charge is 2.51. The van der Waals surface area contributed by atoms with Crippen LogP contribution in [0.25, 0.3) is 10.8 Å². The normalized spacial score (nSPS) is 19.3. The van der Waals surface area contributed by atoms with Gasteiger partial charge in [0.2, 0.25) is 0 Å². The zero-order valence-corrected chi connectivity index (χ0v) is 18.5. The number of benzene rings is 2. The molecule has 2 aromatic rings. The lowest BCUT2D eigenvalue weighted by Crippen LogP contribution is -2.98. The second kappa shape index (κ2) is 7.96. The molecule has 3 aliphatic rings. The molecule has 3 N–H and O–H groups in total. The molecule has 0 fully saturated rings. The summed E-state index contributed by atoms with van der Waals surface area (Å²) in [5, 5.41) is 2.28. The van der Waals surface area contributed by atoms with Crippen LogP contribution >= 0.6 is 0 Å². The molecule has 180 valence electrons. The zero-order valence-electron chi connectivity index (χ0n) is 17.7. The van der Waals surface area contributed by atoms with Gasteiger partial charge < -0.3 is 0 Å². The Hall–Kier alpha value is -3.16. The molecule has 0 saturated carbocycles. The van der Waals surface area contributed by atoms with Crippen LogP contribution in [0.4, 0.5) is 18.9 Å². The number of hydrogen-bond donors (Lipinski definition) is 2. The van der Waals surface area contributed by atoms with E-state index in [1.54, 1.807) is 17.7 Å². The van der Waals surface area contributed by atoms with Gasteiger partial charge in [0, 0.05) is 5.39 Å². The van der Waals surface area contributed by atoms with Gasteiger partial charge in [-0.25, -0.2) is 5.43 Å². The third-order valence-electron chi connectivity index (χ3n) is 6.12. The van der Waals surface area contributed by atoms with Crippen LogP contribution in [0, 0.1) is 0 Å². The second-order valence-electron chi connectivity index (χ2n) is 8.26. The fraction of sp³-hybridized carbons (Fsp3) is 0.333. The van der Waals surface area contributed by atoms with Gasteiger partial charge in [-0.05, 0) is 49.3 Å². The SMILES string of the molecule is O=C1c2cccc3cc(N4[NH2+]NC5=C4CCCCCC5)cc(c23)C(=O)N1OS(=O)(=O)C(F)(F)F. The number of alkyl halides is 3. The number of nitrogens with two attached hydrogens (primary N) is 1. The number of carbonyl (C=O) groups excluding carboxylic acids is 2. The minimum Gasteiger partial charge on any atom is -0.266 e. The minimum atomic E-state index is -6.23. The largest absolute Gasteiger partial charge is 0.525 e. The summed E-state index contributed by atoms with van der Waals surface area (Å²) >= 11 is 0. The summed E-state index contributed by atoms with van der Waals surface area (Å²) < 4.78 is 65.7. The monoisotopic (exact) mass is 497 g/mol. The lowest BCUT2D eigenvalue weighted by molar-refractivity contribution is -0.701. The lowest BCUT2D eigenvalue weighted by Gasteiger charge is -2.27. The van der Waals surface area contributed by atoms with Crippen molar-refractivity contribution in [3.05, 3.63) is 52.9 Å². The van der Waals surface area contributed by atoms with Gasteiger partial charge in [-0.1, -0.05) is 25.0 Å². The number of amides is 2. The smallest absolute Gasteiger partial charge is 0.266 e. The van der Waals surface area contributed by atoms with Gasteiger partial charge in [-0.2, -0.15) is 26.6 Å². The molecule has 1 aliphatic carbocycles. The van der Waals surface area contributed by atoms with Crippen molar-refractivity contribution in [2.45, 2.75) is 44.0 Å². The Morgan fingerprint density at radius 1 is 0.971 bits per heavy atom. The van der Waals surface area contributed by atoms with E-state index < -0.39 is 27.4 Å². The number of carbonyl (C=O) groups is 2. The van der Waals surface area contributed by atoms with Crippen molar-refractivity contribution in [2.24, 2.45) is 0 Å². The van der Waals surface area contributed by atoms with Gasteiger partial charge in [0.1, 0.15) is 0 Å². The molecule has 2 aliphatic heterocycles. The topological polar surface area (TPSA) is 113 Å². The van der Waals surface area contributed by atoms with Crippen LogP contribution in [-0.4, -0.2) is 30.8 Å². The quantitative estimate of drug-likeness (QED) is 0.381. The molecule has 0 atom stereocenters. The Kier molecular flexibility index (Phi) is 5.30. The summed E-state index contributed by atoms with van der Waals surface area (Å²) in [6.45, 7) is 0. The van der Waals surface area contributed by atoms with Crippen molar-refractivity contribution in [1.82, 2.24) is 10.5 Å². The number of anilines is 1. The van der Waals surface area contributed by atoms with Crippen molar-refractivity contribution < 1.29 is 41.0 Å². The molecule has 0 spiro atoms. The molecule has 0 unspecified atom stereocenters. The summed E-state index contributed by atoms with van der Waals surface area (Å²) in [5.74, 6) is -2.58. The van der Waals surface area contributed by atoms with E-state index >= 15 is 0 Å². The maximum absolute atomic E-state index is 13.1. The standard InChI is InChI=1S/C21H19F3N4O5S/c22-21(23,24)34(31,32)33-28-19(29)14-7-5-6-12-10-13(11-15(18(12)14)20(28)30)27-17-9-4-2-1-3-8-16(17)25-26-27/h5-7,10-11,25-26H,1-4,8-9H2/p+1. The van der Waals surface area contributed by atoms with Crippen LogP contribution in [0.15, 0.2) is 41.7 Å². The molecule has 0 saturated heterocycles. The predicted octanol–water partition coefficient (Wildman–Crippen LogP) is 2.59. The van der Waals surface area contributed by atoms with E-state index in [9.17, 15) is 31.2 Å². The van der Waals surface area contributed by atoms with E-state index in [1.807, 2.05) is 5.01 Å². The highest BCUT2D eigenvalue weighted by atomic mass is 32.2. The summed E-state index contributed by atoms with van der Waals surface area (Å²) in [5.41, 5.74) is 1.61. The Morgan fingerprint density at radius 3 is 2.41 bits per heavy atom. The Morgan fingerprint density at radius 2 is 1.68 bits per heavy atom. The number of halogens is 3. The van der Waals surface area contributed by atoms with Crippen LogP contribution in [0.3, 0.4) is 0 Å². The first-order valence-electron chi connectivity index (χ1n) is 10.7. The van der Waals surface area contributed by atoms with Gasteiger partial charge in [0.15, 0.2) is 0 Å². The summed E-state index contributed by atoms with van der Waals surface area (Å²) in [6, 6.07) is 7.69. The average molecular weight is 497 g/mol. The highest BCUT2D eigenvalue weighted by Crippen LogP contribution is 2.37. The van der Waals surface area contributed by atoms with Crippen molar-refractivity contribution in [3.8, 4) is 0 Å². The third-order valence-corrected chi connectivity index (χ3v) is 7.04. The number of rotatable bonds is 3. The van der Waals surface area contributed by atoms with Crippen molar-refractivity contribution in [1.29, 1.82) is 0 Å². The predicted molar refractivity (Wildman–Crippen MR) is 113 cm³/mol. The molecule has 2 aromatic carbocycles. The van der Waals surface area contributed by atoms with Crippen LogP contribution in [0.1, 0.15) is 59.2 Å². The van der Waals surface area contributed by atoms with E-state index in [1.165, 1.54) is 18.2 Å². The van der Waals surface area contributed by atoms with E-state index in [0.29, 0.717) is 11.1 Å². The van der Waals surface area contributed by atoms with Crippen molar-refractivity contribution in [3.63, 3.8) is 0 Å². The van der Waals surface area contributed by atoms with Gasteiger partial charge >= 0.3 is 15.6 Å². The van der Waals surface area contributed by atoms with Gasteiger partial charge in [-0.15, -0.1) is 14.9 Å². The molecule has 0 bridgehead atoms. The number of quaternary nitrogens is 1. The fourth-order valence-corrected chi connectivity index (χ4v) is 4.95. The minimum absolute atomic E-state index is 0.131. The Labute approximate surface area is 192 Å². The summed E-state index contributed by atoms with van der Waals surface area (Å²) in [7, 11) is -6.23. The van der Waals surface area contributed by atoms with Crippen LogP contribution in [-0.2, 0) is 14.4 Å². The van der Waals surface area contributed by atoms with E-state index in [-0.39, 0.29) is 21.6 Å². The van der Waals surface area contributed by atoms with E-state index in [2.05, 4.69) is 9.71 Å². The van der Waals surface area contributed by atoms with E-state index in [4.69, 9.17) is 0 Å². The number of imide groups is 1. The van der Waals surface area contributed by atoms with Gasteiger partial charge in [0.25, 0.3) is 11.8 Å². The number of hydroxylamine groups is 2. The van der Waals surface area contributed by atoms with Gasteiger partial charge in [-0.3, -0.25) is 9.59 Å². The highest BCUT2D eigenvalue weighted by molar-refractivity contribution is 7.87. The third kappa shape index (κ3) is 3.60. The number of hydrogen-bond acceptors (Lipinski definition) is 7. The first-order valence-corrected chi connectivity index (χ1v) is 12.1. The molecule has 5 rings (SSSR count). The fourth-order valence-electron chi connectivity index (χ4n) is 4.53. The average Bonchev–Trinajstić information content (AvgIpc) is 3.15. The number of allylic oxidation sites excluding steroid dienone is 2. The molecule has 0 radical (unpaired) electrons. The molecule has 2 amide bonds. The zero-order chi connectivity index (χ0) is 24.3. The van der Waals surface area contributed by atoms with Crippen molar-refractivity contribution in [2.75, 3.05) is 5.01 Å². The van der Waals surface area contributed by atoms with Crippen molar-refractivity contribution >= 4 is 38.4 Å². The first-order chi connectivity index (χ1) is 16.1. The molecule has 0 aromatic heterocycles. The lowest BCUT2D eigenvalue weighted by atomic mass is 9.94. The van der Waals surface area contributed by atoms with E-state index in [0.717, 1.165) is 49.9 Å². The van der Waals surface area contributed by atoms with Crippen LogP contribution in [0.2, 0.25) is 0 Å². The molecule has 13 heteroatoms. The summed E-state index contributed by atoms with van der Waals surface area (Å²) in [6.07, 6.45) is 5.94. The maximum atomic E-state index is 13.1. The first kappa shape index (κ1) is 22.6.